The quantitative estimate of drug-likeness (QED) is 0.706. The Labute approximate surface area is 83.4 Å². The summed E-state index contributed by atoms with van der Waals surface area (Å²) < 4.78 is 0. The molecule has 0 spiro atoms. The molecule has 0 bridgehead atoms. The molecular weight excluding hydrogens is 178 g/mol. The molecule has 2 rings (SSSR count). The van der Waals surface area contributed by atoms with E-state index >= 15 is 0 Å². The van der Waals surface area contributed by atoms with E-state index in [2.05, 4.69) is 9.88 Å². The van der Waals surface area contributed by atoms with Crippen LogP contribution >= 0.6 is 0 Å². The molecule has 1 aliphatic rings. The number of hydrogen-bond donors (Lipinski definition) is 2. The maximum Gasteiger partial charge on any atom is 0.123 e. The Morgan fingerprint density at radius 3 is 3.07 bits per heavy atom. The van der Waals surface area contributed by atoms with Crippen LogP contribution in [-0.2, 0) is 6.54 Å². The summed E-state index contributed by atoms with van der Waals surface area (Å²) in [5, 5.41) is 9.35. The van der Waals surface area contributed by atoms with Gasteiger partial charge < -0.3 is 10.8 Å². The molecule has 76 valence electrons. The zero-order chi connectivity index (χ0) is 9.97. The van der Waals surface area contributed by atoms with Gasteiger partial charge in [-0.15, -0.1) is 0 Å². The monoisotopic (exact) mass is 193 g/mol. The average molecular weight is 193 g/mol. The molecule has 1 unspecified atom stereocenters. The first kappa shape index (κ1) is 9.43. The van der Waals surface area contributed by atoms with Crippen molar-refractivity contribution in [1.29, 1.82) is 0 Å². The van der Waals surface area contributed by atoms with Crippen molar-refractivity contribution < 1.29 is 5.11 Å². The van der Waals surface area contributed by atoms with Gasteiger partial charge >= 0.3 is 0 Å². The summed E-state index contributed by atoms with van der Waals surface area (Å²) >= 11 is 0. The number of nitrogen functional groups attached to an aromatic ring is 1. The molecule has 1 atom stereocenters. The lowest BCUT2D eigenvalue weighted by atomic mass is 10.3. The molecule has 0 aromatic carbocycles. The summed E-state index contributed by atoms with van der Waals surface area (Å²) in [6.07, 6.45) is 0.693. The van der Waals surface area contributed by atoms with Gasteiger partial charge in [0.05, 0.1) is 11.8 Å². The summed E-state index contributed by atoms with van der Waals surface area (Å²) in [7, 11) is 0. The summed E-state index contributed by atoms with van der Waals surface area (Å²) in [6, 6.07) is 5.65. The van der Waals surface area contributed by atoms with Crippen LogP contribution in [0.15, 0.2) is 18.2 Å². The number of pyridine rings is 1. The molecule has 1 aliphatic heterocycles. The van der Waals surface area contributed by atoms with E-state index in [1.807, 2.05) is 12.1 Å². The molecule has 1 fully saturated rings. The van der Waals surface area contributed by atoms with E-state index in [1.54, 1.807) is 6.07 Å². The van der Waals surface area contributed by atoms with Crippen molar-refractivity contribution in [3.05, 3.63) is 23.9 Å². The van der Waals surface area contributed by atoms with Crippen molar-refractivity contribution in [1.82, 2.24) is 9.88 Å². The highest BCUT2D eigenvalue weighted by molar-refractivity contribution is 5.28. The third-order valence-corrected chi connectivity index (χ3v) is 2.46. The molecule has 1 aromatic rings. The third kappa shape index (κ3) is 2.21. The van der Waals surface area contributed by atoms with Crippen molar-refractivity contribution in [3.63, 3.8) is 0 Å². The number of aliphatic hydroxyl groups excluding tert-OH is 1. The normalized spacial score (nSPS) is 22.8. The van der Waals surface area contributed by atoms with Gasteiger partial charge in [-0.3, -0.25) is 4.90 Å². The van der Waals surface area contributed by atoms with Crippen LogP contribution in [0.4, 0.5) is 5.82 Å². The molecule has 2 heterocycles. The Morgan fingerprint density at radius 2 is 2.43 bits per heavy atom. The molecule has 4 heteroatoms. The fourth-order valence-electron chi connectivity index (χ4n) is 1.77. The van der Waals surface area contributed by atoms with Gasteiger partial charge in [0, 0.05) is 19.6 Å². The number of anilines is 1. The fourth-order valence-corrected chi connectivity index (χ4v) is 1.77. The van der Waals surface area contributed by atoms with Crippen LogP contribution in [0.25, 0.3) is 0 Å². The number of β-amino-alcohol motifs (C(OH)–C–C–N with tert-alkyl or cyclic N) is 1. The van der Waals surface area contributed by atoms with E-state index in [-0.39, 0.29) is 6.10 Å². The van der Waals surface area contributed by atoms with Gasteiger partial charge in [0.15, 0.2) is 0 Å². The first-order chi connectivity index (χ1) is 6.74. The minimum Gasteiger partial charge on any atom is -0.392 e. The van der Waals surface area contributed by atoms with Crippen molar-refractivity contribution in [2.75, 3.05) is 18.8 Å². The smallest absolute Gasteiger partial charge is 0.123 e. The highest BCUT2D eigenvalue weighted by atomic mass is 16.3. The van der Waals surface area contributed by atoms with Crippen LogP contribution in [0.1, 0.15) is 12.1 Å². The molecule has 1 saturated heterocycles. The molecule has 0 amide bonds. The van der Waals surface area contributed by atoms with E-state index in [1.165, 1.54) is 0 Å². The Morgan fingerprint density at radius 1 is 1.57 bits per heavy atom. The van der Waals surface area contributed by atoms with Crippen molar-refractivity contribution in [2.24, 2.45) is 0 Å². The predicted molar refractivity (Wildman–Crippen MR) is 54.6 cm³/mol. The maximum atomic E-state index is 9.35. The van der Waals surface area contributed by atoms with Crippen molar-refractivity contribution >= 4 is 5.82 Å². The van der Waals surface area contributed by atoms with Gasteiger partial charge in [-0.25, -0.2) is 4.98 Å². The Hall–Kier alpha value is -1.13. The second kappa shape index (κ2) is 3.94. The number of nitrogens with zero attached hydrogens (tertiary/aromatic N) is 2. The van der Waals surface area contributed by atoms with Gasteiger partial charge in [0.25, 0.3) is 0 Å². The summed E-state index contributed by atoms with van der Waals surface area (Å²) in [6.45, 7) is 2.47. The second-order valence-corrected chi connectivity index (χ2v) is 3.73. The largest absolute Gasteiger partial charge is 0.392 e. The number of rotatable bonds is 2. The molecule has 0 saturated carbocycles. The zero-order valence-electron chi connectivity index (χ0n) is 8.06. The van der Waals surface area contributed by atoms with Crippen LogP contribution in [0.2, 0.25) is 0 Å². The summed E-state index contributed by atoms with van der Waals surface area (Å²) in [5.74, 6) is 0.558. The van der Waals surface area contributed by atoms with Gasteiger partial charge in [-0.2, -0.15) is 0 Å². The third-order valence-electron chi connectivity index (χ3n) is 2.46. The summed E-state index contributed by atoms with van der Waals surface area (Å²) in [4.78, 5) is 6.40. The zero-order valence-corrected chi connectivity index (χ0v) is 8.06. The van der Waals surface area contributed by atoms with Gasteiger partial charge in [-0.05, 0) is 18.6 Å². The standard InChI is InChI=1S/C10H15N3O/c11-10-3-1-2-8(12-10)6-13-5-4-9(14)7-13/h1-3,9,14H,4-7H2,(H2,11,12). The van der Waals surface area contributed by atoms with E-state index in [0.717, 1.165) is 31.7 Å². The number of aliphatic hydroxyl groups is 1. The van der Waals surface area contributed by atoms with Crippen LogP contribution in [-0.4, -0.2) is 34.2 Å². The Bertz CT molecular complexity index is 316. The van der Waals surface area contributed by atoms with Gasteiger partial charge in [-0.1, -0.05) is 6.07 Å². The minimum absolute atomic E-state index is 0.170. The molecule has 1 aromatic heterocycles. The lowest BCUT2D eigenvalue weighted by Gasteiger charge is -2.13. The topological polar surface area (TPSA) is 62.4 Å². The highest BCUT2D eigenvalue weighted by Crippen LogP contribution is 2.12. The SMILES string of the molecule is Nc1cccc(CN2CCC(O)C2)n1. The lowest BCUT2D eigenvalue weighted by molar-refractivity contribution is 0.174. The molecule has 4 nitrogen and oxygen atoms in total. The minimum atomic E-state index is -0.170. The predicted octanol–water partition coefficient (Wildman–Crippen LogP) is 0.230. The van der Waals surface area contributed by atoms with E-state index in [0.29, 0.717) is 5.82 Å². The first-order valence-corrected chi connectivity index (χ1v) is 4.86. The number of likely N-dealkylation sites (tertiary alicyclic amines) is 1. The highest BCUT2D eigenvalue weighted by Gasteiger charge is 2.20. The Kier molecular flexibility index (Phi) is 2.65. The second-order valence-electron chi connectivity index (χ2n) is 3.73. The molecule has 3 N–H and O–H groups in total. The first-order valence-electron chi connectivity index (χ1n) is 4.86. The summed E-state index contributed by atoms with van der Waals surface area (Å²) in [5.41, 5.74) is 6.55. The van der Waals surface area contributed by atoms with Crippen LogP contribution in [0.3, 0.4) is 0 Å². The van der Waals surface area contributed by atoms with E-state index < -0.39 is 0 Å². The fraction of sp³-hybridized carbons (Fsp3) is 0.500. The molecular formula is C10H15N3O. The van der Waals surface area contributed by atoms with Crippen molar-refractivity contribution in [3.8, 4) is 0 Å². The average Bonchev–Trinajstić information content (AvgIpc) is 2.51. The van der Waals surface area contributed by atoms with Gasteiger partial charge in [0.1, 0.15) is 5.82 Å². The van der Waals surface area contributed by atoms with Crippen LogP contribution in [0.5, 0.6) is 0 Å². The van der Waals surface area contributed by atoms with E-state index in [4.69, 9.17) is 5.73 Å². The van der Waals surface area contributed by atoms with E-state index in [9.17, 15) is 5.11 Å². The molecule has 14 heavy (non-hydrogen) atoms. The molecule has 0 radical (unpaired) electrons. The molecule has 0 aliphatic carbocycles. The lowest BCUT2D eigenvalue weighted by Crippen LogP contribution is -2.22. The number of aromatic nitrogens is 1. The van der Waals surface area contributed by atoms with Crippen molar-refractivity contribution in [2.45, 2.75) is 19.1 Å². The van der Waals surface area contributed by atoms with Crippen LogP contribution < -0.4 is 5.73 Å². The number of nitrogens with two attached hydrogens (primary N) is 1. The maximum absolute atomic E-state index is 9.35. The number of hydrogen-bond acceptors (Lipinski definition) is 4. The van der Waals surface area contributed by atoms with Crippen LogP contribution in [0, 0.1) is 0 Å². The van der Waals surface area contributed by atoms with Gasteiger partial charge in [0.2, 0.25) is 0 Å². The Balaban J connectivity index is 1.97.